The van der Waals surface area contributed by atoms with Crippen LogP contribution in [0.25, 0.3) is 0 Å². The van der Waals surface area contributed by atoms with Gasteiger partial charge in [-0.15, -0.1) is 0 Å². The average Bonchev–Trinajstić information content (AvgIpc) is 2.75. The summed E-state index contributed by atoms with van der Waals surface area (Å²) in [7, 11) is 0. The first kappa shape index (κ1) is 20.5. The summed E-state index contributed by atoms with van der Waals surface area (Å²) in [4.78, 5) is 26.1. The molecule has 148 valence electrons. The Morgan fingerprint density at radius 1 is 0.793 bits per heavy atom. The lowest BCUT2D eigenvalue weighted by Gasteiger charge is -2.26. The third-order valence-corrected chi connectivity index (χ3v) is 5.11. The van der Waals surface area contributed by atoms with Crippen molar-refractivity contribution in [1.29, 1.82) is 0 Å². The highest BCUT2D eigenvalue weighted by Crippen LogP contribution is 2.38. The van der Waals surface area contributed by atoms with E-state index in [1.165, 1.54) is 0 Å². The zero-order chi connectivity index (χ0) is 20.6. The minimum Gasteiger partial charge on any atom is -0.466 e. The third-order valence-electron chi connectivity index (χ3n) is 5.11. The minimum absolute atomic E-state index is 0.0152. The summed E-state index contributed by atoms with van der Waals surface area (Å²) >= 11 is 0. The van der Waals surface area contributed by atoms with E-state index in [4.69, 9.17) is 4.74 Å². The summed E-state index contributed by atoms with van der Waals surface area (Å²) in [5.41, 5.74) is 3.61. The topological polar surface area (TPSA) is 43.4 Å². The van der Waals surface area contributed by atoms with E-state index in [9.17, 15) is 9.59 Å². The van der Waals surface area contributed by atoms with E-state index in [0.29, 0.717) is 12.2 Å². The molecule has 0 fully saturated rings. The molecule has 0 saturated heterocycles. The minimum atomic E-state index is -0.550. The van der Waals surface area contributed by atoms with Crippen LogP contribution >= 0.6 is 0 Å². The van der Waals surface area contributed by atoms with Gasteiger partial charge in [0.05, 0.1) is 12.5 Å². The molecule has 29 heavy (non-hydrogen) atoms. The average molecular weight is 386 g/mol. The van der Waals surface area contributed by atoms with Crippen molar-refractivity contribution >= 4 is 11.8 Å². The molecule has 0 aliphatic carbocycles. The van der Waals surface area contributed by atoms with Gasteiger partial charge in [0.1, 0.15) is 0 Å². The molecule has 0 N–H and O–H groups in total. The lowest BCUT2D eigenvalue weighted by Crippen LogP contribution is -2.25. The highest BCUT2D eigenvalue weighted by atomic mass is 16.5. The zero-order valence-corrected chi connectivity index (χ0v) is 16.9. The Bertz CT molecular complexity index is 931. The summed E-state index contributed by atoms with van der Waals surface area (Å²) in [6.07, 6.45) is 0.228. The standard InChI is InChI=1S/C26H26O3/c1-3-29-26(28)25(22-12-8-5-9-13-22)23(20-16-14-19(2)15-17-20)18-24(27)21-10-6-4-7-11-21/h4-17,23,25H,3,18H2,1-2H3. The number of hydrogen-bond acceptors (Lipinski definition) is 3. The Hall–Kier alpha value is -3.20. The molecule has 3 aromatic carbocycles. The first-order valence-electron chi connectivity index (χ1n) is 9.96. The van der Waals surface area contributed by atoms with E-state index in [0.717, 1.165) is 16.7 Å². The summed E-state index contributed by atoms with van der Waals surface area (Å²) < 4.78 is 5.42. The molecule has 0 spiro atoms. The van der Waals surface area contributed by atoms with Crippen molar-refractivity contribution in [3.63, 3.8) is 0 Å². The van der Waals surface area contributed by atoms with Gasteiger partial charge in [0.25, 0.3) is 0 Å². The Labute approximate surface area is 172 Å². The number of hydrogen-bond donors (Lipinski definition) is 0. The number of Topliss-reactive ketones (excluding diaryl/α,β-unsaturated/α-hetero) is 1. The lowest BCUT2D eigenvalue weighted by molar-refractivity contribution is -0.145. The lowest BCUT2D eigenvalue weighted by atomic mass is 9.77. The van der Waals surface area contributed by atoms with Gasteiger partial charge in [0.2, 0.25) is 0 Å². The Balaban J connectivity index is 2.04. The molecule has 0 bridgehead atoms. The quantitative estimate of drug-likeness (QED) is 0.368. The molecule has 0 aromatic heterocycles. The van der Waals surface area contributed by atoms with Crippen molar-refractivity contribution < 1.29 is 14.3 Å². The number of rotatable bonds is 8. The number of benzene rings is 3. The van der Waals surface area contributed by atoms with Crippen molar-refractivity contribution in [3.8, 4) is 0 Å². The number of ketones is 1. The molecule has 0 amide bonds. The maximum atomic E-state index is 13.1. The van der Waals surface area contributed by atoms with Crippen LogP contribution in [0.15, 0.2) is 84.9 Å². The van der Waals surface area contributed by atoms with Crippen LogP contribution in [0.5, 0.6) is 0 Å². The van der Waals surface area contributed by atoms with E-state index in [1.54, 1.807) is 6.92 Å². The predicted octanol–water partition coefficient (Wildman–Crippen LogP) is 5.70. The van der Waals surface area contributed by atoms with E-state index >= 15 is 0 Å². The Morgan fingerprint density at radius 3 is 1.97 bits per heavy atom. The van der Waals surface area contributed by atoms with E-state index in [-0.39, 0.29) is 24.1 Å². The zero-order valence-electron chi connectivity index (χ0n) is 16.9. The molecular weight excluding hydrogens is 360 g/mol. The molecule has 0 radical (unpaired) electrons. The van der Waals surface area contributed by atoms with Crippen LogP contribution in [0.4, 0.5) is 0 Å². The van der Waals surface area contributed by atoms with Gasteiger partial charge in [0, 0.05) is 17.9 Å². The molecule has 2 unspecified atom stereocenters. The molecule has 0 aliphatic rings. The maximum Gasteiger partial charge on any atom is 0.314 e. The predicted molar refractivity (Wildman–Crippen MR) is 115 cm³/mol. The summed E-state index contributed by atoms with van der Waals surface area (Å²) in [5, 5.41) is 0. The number of esters is 1. The first-order chi connectivity index (χ1) is 14.1. The largest absolute Gasteiger partial charge is 0.466 e. The fourth-order valence-electron chi connectivity index (χ4n) is 3.61. The van der Waals surface area contributed by atoms with Gasteiger partial charge >= 0.3 is 5.97 Å². The number of aryl methyl sites for hydroxylation is 1. The van der Waals surface area contributed by atoms with Gasteiger partial charge in [-0.25, -0.2) is 0 Å². The fraction of sp³-hybridized carbons (Fsp3) is 0.231. The molecule has 3 aromatic rings. The van der Waals surface area contributed by atoms with Crippen LogP contribution in [0.3, 0.4) is 0 Å². The van der Waals surface area contributed by atoms with E-state index in [2.05, 4.69) is 0 Å². The Morgan fingerprint density at radius 2 is 1.38 bits per heavy atom. The number of carbonyl (C=O) groups excluding carboxylic acids is 2. The molecular formula is C26H26O3. The highest BCUT2D eigenvalue weighted by molar-refractivity contribution is 5.97. The van der Waals surface area contributed by atoms with Gasteiger partial charge < -0.3 is 4.74 Å². The van der Waals surface area contributed by atoms with Gasteiger partial charge in [-0.1, -0.05) is 90.5 Å². The maximum absolute atomic E-state index is 13.1. The van der Waals surface area contributed by atoms with Crippen LogP contribution in [0.2, 0.25) is 0 Å². The van der Waals surface area contributed by atoms with Crippen LogP contribution in [0, 0.1) is 6.92 Å². The molecule has 0 aliphatic heterocycles. The molecule has 2 atom stereocenters. The first-order valence-corrected chi connectivity index (χ1v) is 9.96. The second-order valence-electron chi connectivity index (χ2n) is 7.15. The molecule has 3 nitrogen and oxygen atoms in total. The molecule has 3 heteroatoms. The van der Waals surface area contributed by atoms with Crippen molar-refractivity contribution in [1.82, 2.24) is 0 Å². The molecule has 3 rings (SSSR count). The summed E-state index contributed by atoms with van der Waals surface area (Å²) in [6.45, 7) is 4.12. The monoisotopic (exact) mass is 386 g/mol. The highest BCUT2D eigenvalue weighted by Gasteiger charge is 2.34. The van der Waals surface area contributed by atoms with E-state index in [1.807, 2.05) is 91.9 Å². The van der Waals surface area contributed by atoms with Gasteiger partial charge in [-0.3, -0.25) is 9.59 Å². The smallest absolute Gasteiger partial charge is 0.314 e. The van der Waals surface area contributed by atoms with Crippen LogP contribution < -0.4 is 0 Å². The van der Waals surface area contributed by atoms with Gasteiger partial charge in [0.15, 0.2) is 5.78 Å². The van der Waals surface area contributed by atoms with Crippen LogP contribution in [-0.4, -0.2) is 18.4 Å². The van der Waals surface area contributed by atoms with Crippen LogP contribution in [0.1, 0.15) is 52.2 Å². The molecule has 0 saturated carbocycles. The third kappa shape index (κ3) is 5.20. The van der Waals surface area contributed by atoms with Gasteiger partial charge in [-0.05, 0) is 25.0 Å². The van der Waals surface area contributed by atoms with Gasteiger partial charge in [-0.2, -0.15) is 0 Å². The second-order valence-corrected chi connectivity index (χ2v) is 7.15. The number of ether oxygens (including phenoxy) is 1. The van der Waals surface area contributed by atoms with Crippen molar-refractivity contribution in [2.75, 3.05) is 6.61 Å². The SMILES string of the molecule is CCOC(=O)C(c1ccccc1)C(CC(=O)c1ccccc1)c1ccc(C)cc1. The van der Waals surface area contributed by atoms with Crippen molar-refractivity contribution in [2.24, 2.45) is 0 Å². The van der Waals surface area contributed by atoms with Crippen LogP contribution in [-0.2, 0) is 9.53 Å². The normalized spacial score (nSPS) is 12.8. The van der Waals surface area contributed by atoms with E-state index < -0.39 is 5.92 Å². The summed E-state index contributed by atoms with van der Waals surface area (Å²) in [6, 6.07) is 26.9. The molecule has 0 heterocycles. The second kappa shape index (κ2) is 9.83. The van der Waals surface area contributed by atoms with Crippen molar-refractivity contribution in [2.45, 2.75) is 32.1 Å². The fourth-order valence-corrected chi connectivity index (χ4v) is 3.61. The van der Waals surface area contributed by atoms with Crippen molar-refractivity contribution in [3.05, 3.63) is 107 Å². The Kier molecular flexibility index (Phi) is 6.96. The number of carbonyl (C=O) groups is 2. The summed E-state index contributed by atoms with van der Waals surface area (Å²) in [5.74, 6) is -1.15.